The smallest absolute Gasteiger partial charge is 0.0346 e. The highest BCUT2D eigenvalue weighted by molar-refractivity contribution is 8.00. The van der Waals surface area contributed by atoms with E-state index in [-0.39, 0.29) is 0 Å². The molecule has 0 aromatic heterocycles. The van der Waals surface area contributed by atoms with Gasteiger partial charge >= 0.3 is 0 Å². The summed E-state index contributed by atoms with van der Waals surface area (Å²) in [6.45, 7) is 2.26. The Bertz CT molecular complexity index is 286. The molecular formula is C16H25ClS. The van der Waals surface area contributed by atoms with Gasteiger partial charge in [0.25, 0.3) is 0 Å². The summed E-state index contributed by atoms with van der Waals surface area (Å²) in [5.74, 6) is 0.758. The molecule has 2 heteroatoms. The minimum atomic E-state index is 0.570. The molecule has 0 heterocycles. The number of hydrogen-bond donors (Lipinski definition) is 0. The minimum Gasteiger partial charge on any atom is -0.125 e. The van der Waals surface area contributed by atoms with Gasteiger partial charge in [-0.3, -0.25) is 0 Å². The number of rotatable bonds is 10. The Morgan fingerprint density at radius 1 is 1.00 bits per heavy atom. The Balaban J connectivity index is 2.14. The minimum absolute atomic E-state index is 0.570. The van der Waals surface area contributed by atoms with Gasteiger partial charge in [-0.1, -0.05) is 63.6 Å². The topological polar surface area (TPSA) is 0 Å². The lowest BCUT2D eigenvalue weighted by molar-refractivity contribution is 0.589. The molecule has 0 saturated heterocycles. The van der Waals surface area contributed by atoms with E-state index in [1.807, 2.05) is 11.8 Å². The summed E-state index contributed by atoms with van der Waals surface area (Å²) < 4.78 is 0. The van der Waals surface area contributed by atoms with Gasteiger partial charge in [-0.2, -0.15) is 0 Å². The molecule has 1 atom stereocenters. The number of alkyl halides is 1. The van der Waals surface area contributed by atoms with Crippen molar-refractivity contribution in [1.82, 2.24) is 0 Å². The summed E-state index contributed by atoms with van der Waals surface area (Å²) in [5, 5.41) is 0.570. The van der Waals surface area contributed by atoms with Crippen molar-refractivity contribution in [3.63, 3.8) is 0 Å². The molecule has 102 valence electrons. The molecular weight excluding hydrogens is 260 g/mol. The van der Waals surface area contributed by atoms with Gasteiger partial charge in [-0.15, -0.1) is 23.4 Å². The van der Waals surface area contributed by atoms with Gasteiger partial charge in [-0.05, 0) is 18.6 Å². The molecule has 1 aromatic rings. The Hall–Kier alpha value is -0.140. The highest BCUT2D eigenvalue weighted by atomic mass is 35.5. The second-order valence-electron chi connectivity index (χ2n) is 4.76. The highest BCUT2D eigenvalue weighted by Gasteiger charge is 2.08. The molecule has 0 aliphatic carbocycles. The molecule has 0 N–H and O–H groups in total. The molecule has 0 aliphatic rings. The fourth-order valence-electron chi connectivity index (χ4n) is 2.01. The molecule has 1 unspecified atom stereocenters. The lowest BCUT2D eigenvalue weighted by Crippen LogP contribution is -2.04. The van der Waals surface area contributed by atoms with Crippen LogP contribution in [-0.2, 0) is 0 Å². The second-order valence-corrected chi connectivity index (χ2v) is 6.45. The van der Waals surface area contributed by atoms with E-state index in [2.05, 4.69) is 37.3 Å². The maximum absolute atomic E-state index is 6.06. The zero-order valence-corrected chi connectivity index (χ0v) is 13.0. The zero-order chi connectivity index (χ0) is 13.1. The third kappa shape index (κ3) is 7.33. The van der Waals surface area contributed by atoms with E-state index in [0.717, 1.165) is 5.88 Å². The summed E-state index contributed by atoms with van der Waals surface area (Å²) in [6, 6.07) is 10.6. The van der Waals surface area contributed by atoms with E-state index in [0.29, 0.717) is 5.25 Å². The van der Waals surface area contributed by atoms with Gasteiger partial charge in [0.1, 0.15) is 0 Å². The molecule has 0 spiro atoms. The van der Waals surface area contributed by atoms with E-state index in [9.17, 15) is 0 Å². The van der Waals surface area contributed by atoms with Gasteiger partial charge in [0.05, 0.1) is 0 Å². The monoisotopic (exact) mass is 284 g/mol. The SMILES string of the molecule is CCCCCCCCC(CCl)Sc1ccccc1. The van der Waals surface area contributed by atoms with Crippen LogP contribution < -0.4 is 0 Å². The standard InChI is InChI=1S/C16H25ClS/c1-2-3-4-5-6-8-13-16(14-17)18-15-11-9-7-10-12-15/h7,9-12,16H,2-6,8,13-14H2,1H3. The van der Waals surface area contributed by atoms with E-state index in [1.54, 1.807) is 0 Å². The number of benzene rings is 1. The fourth-order valence-corrected chi connectivity index (χ4v) is 3.40. The van der Waals surface area contributed by atoms with Gasteiger partial charge < -0.3 is 0 Å². The fraction of sp³-hybridized carbons (Fsp3) is 0.625. The van der Waals surface area contributed by atoms with Crippen LogP contribution in [0.3, 0.4) is 0 Å². The molecule has 18 heavy (non-hydrogen) atoms. The average molecular weight is 285 g/mol. The van der Waals surface area contributed by atoms with Crippen LogP contribution in [0.4, 0.5) is 0 Å². The van der Waals surface area contributed by atoms with Crippen LogP contribution in [0.1, 0.15) is 51.9 Å². The van der Waals surface area contributed by atoms with Crippen molar-refractivity contribution in [2.75, 3.05) is 5.88 Å². The number of unbranched alkanes of at least 4 members (excludes halogenated alkanes) is 5. The maximum Gasteiger partial charge on any atom is 0.0346 e. The van der Waals surface area contributed by atoms with Crippen molar-refractivity contribution in [1.29, 1.82) is 0 Å². The lowest BCUT2D eigenvalue weighted by Gasteiger charge is -2.13. The van der Waals surface area contributed by atoms with Gasteiger partial charge in [0.15, 0.2) is 0 Å². The van der Waals surface area contributed by atoms with Crippen LogP contribution in [0.2, 0.25) is 0 Å². The van der Waals surface area contributed by atoms with Crippen LogP contribution in [0.25, 0.3) is 0 Å². The third-order valence-electron chi connectivity index (χ3n) is 3.10. The van der Waals surface area contributed by atoms with Crippen molar-refractivity contribution < 1.29 is 0 Å². The summed E-state index contributed by atoms with van der Waals surface area (Å²) in [7, 11) is 0. The van der Waals surface area contributed by atoms with Crippen molar-refractivity contribution in [2.24, 2.45) is 0 Å². The Labute approximate surface area is 122 Å². The van der Waals surface area contributed by atoms with Crippen LogP contribution in [-0.4, -0.2) is 11.1 Å². The highest BCUT2D eigenvalue weighted by Crippen LogP contribution is 2.27. The van der Waals surface area contributed by atoms with Gasteiger partial charge in [0, 0.05) is 16.0 Å². The summed E-state index contributed by atoms with van der Waals surface area (Å²) in [5.41, 5.74) is 0. The molecule has 1 rings (SSSR count). The van der Waals surface area contributed by atoms with Crippen LogP contribution >= 0.6 is 23.4 Å². The largest absolute Gasteiger partial charge is 0.125 e. The summed E-state index contributed by atoms with van der Waals surface area (Å²) in [4.78, 5) is 1.34. The summed E-state index contributed by atoms with van der Waals surface area (Å²) >= 11 is 7.98. The van der Waals surface area contributed by atoms with Crippen molar-refractivity contribution in [3.05, 3.63) is 30.3 Å². The van der Waals surface area contributed by atoms with Crippen LogP contribution in [0.5, 0.6) is 0 Å². The Morgan fingerprint density at radius 2 is 1.67 bits per heavy atom. The average Bonchev–Trinajstić information content (AvgIpc) is 2.42. The normalized spacial score (nSPS) is 12.6. The number of thioether (sulfide) groups is 1. The van der Waals surface area contributed by atoms with Crippen molar-refractivity contribution >= 4 is 23.4 Å². The van der Waals surface area contributed by atoms with E-state index in [4.69, 9.17) is 11.6 Å². The third-order valence-corrected chi connectivity index (χ3v) is 4.93. The van der Waals surface area contributed by atoms with Crippen molar-refractivity contribution in [3.8, 4) is 0 Å². The van der Waals surface area contributed by atoms with E-state index >= 15 is 0 Å². The van der Waals surface area contributed by atoms with E-state index < -0.39 is 0 Å². The summed E-state index contributed by atoms with van der Waals surface area (Å²) in [6.07, 6.45) is 9.43. The zero-order valence-electron chi connectivity index (χ0n) is 11.4. The Morgan fingerprint density at radius 3 is 2.33 bits per heavy atom. The van der Waals surface area contributed by atoms with Crippen LogP contribution in [0, 0.1) is 0 Å². The van der Waals surface area contributed by atoms with Crippen LogP contribution in [0.15, 0.2) is 35.2 Å². The first-order valence-corrected chi connectivity index (χ1v) is 8.56. The molecule has 0 fully saturated rings. The first-order valence-electron chi connectivity index (χ1n) is 7.14. The first kappa shape index (κ1) is 15.9. The molecule has 0 aliphatic heterocycles. The predicted octanol–water partition coefficient (Wildman–Crippen LogP) is 6.14. The van der Waals surface area contributed by atoms with Crippen molar-refractivity contribution in [2.45, 2.75) is 62.0 Å². The van der Waals surface area contributed by atoms with Gasteiger partial charge in [0.2, 0.25) is 0 Å². The maximum atomic E-state index is 6.06. The number of hydrogen-bond acceptors (Lipinski definition) is 1. The molecule has 0 saturated carbocycles. The molecule has 0 amide bonds. The first-order chi connectivity index (χ1) is 8.86. The molecule has 1 aromatic carbocycles. The second kappa shape index (κ2) is 10.8. The number of halogens is 1. The molecule has 0 nitrogen and oxygen atoms in total. The van der Waals surface area contributed by atoms with Gasteiger partial charge in [-0.25, -0.2) is 0 Å². The molecule has 0 bridgehead atoms. The molecule has 0 radical (unpaired) electrons. The Kier molecular flexibility index (Phi) is 9.51. The lowest BCUT2D eigenvalue weighted by atomic mass is 10.1. The quantitative estimate of drug-likeness (QED) is 0.283. The predicted molar refractivity (Wildman–Crippen MR) is 84.8 cm³/mol. The van der Waals surface area contributed by atoms with E-state index in [1.165, 1.54) is 49.8 Å².